The first-order valence-corrected chi connectivity index (χ1v) is 10.0. The Hall–Kier alpha value is -2.22. The molecule has 1 aliphatic carbocycles. The minimum absolute atomic E-state index is 0.0923. The van der Waals surface area contributed by atoms with Crippen molar-refractivity contribution >= 4 is 17.7 Å². The zero-order chi connectivity index (χ0) is 19.2. The number of carbonyl (C=O) groups is 1. The molecule has 0 bridgehead atoms. The summed E-state index contributed by atoms with van der Waals surface area (Å²) in [7, 11) is 5.06. The van der Waals surface area contributed by atoms with Crippen LogP contribution in [0.2, 0.25) is 0 Å². The second-order valence-corrected chi connectivity index (χ2v) is 7.49. The van der Waals surface area contributed by atoms with Gasteiger partial charge in [0, 0.05) is 24.7 Å². The second-order valence-electron chi connectivity index (χ2n) is 6.56. The fourth-order valence-electron chi connectivity index (χ4n) is 3.21. The van der Waals surface area contributed by atoms with E-state index in [1.54, 1.807) is 32.4 Å². The predicted octanol–water partition coefficient (Wildman–Crippen LogP) is 3.64. The Morgan fingerprint density at radius 1 is 1.15 bits per heavy atom. The summed E-state index contributed by atoms with van der Waals surface area (Å²) in [5.41, 5.74) is 0.705. The number of hydrogen-bond donors (Lipinski definition) is 0. The lowest BCUT2D eigenvalue weighted by Crippen LogP contribution is -2.39. The van der Waals surface area contributed by atoms with Crippen molar-refractivity contribution in [2.45, 2.75) is 43.4 Å². The highest BCUT2D eigenvalue weighted by Crippen LogP contribution is 2.30. The summed E-state index contributed by atoms with van der Waals surface area (Å²) in [6.07, 6.45) is 5.86. The van der Waals surface area contributed by atoms with Crippen LogP contribution in [0.3, 0.4) is 0 Å². The Morgan fingerprint density at radius 3 is 2.44 bits per heavy atom. The van der Waals surface area contributed by atoms with Gasteiger partial charge in [-0.1, -0.05) is 31.0 Å². The molecule has 1 saturated carbocycles. The van der Waals surface area contributed by atoms with Gasteiger partial charge in [0.2, 0.25) is 11.8 Å². The van der Waals surface area contributed by atoms with Gasteiger partial charge in [-0.25, -0.2) is 0 Å². The van der Waals surface area contributed by atoms with Gasteiger partial charge in [-0.15, -0.1) is 10.2 Å². The molecule has 1 fully saturated rings. The quantitative estimate of drug-likeness (QED) is 0.667. The lowest BCUT2D eigenvalue weighted by molar-refractivity contribution is -0.129. The van der Waals surface area contributed by atoms with Crippen LogP contribution in [0.4, 0.5) is 0 Å². The van der Waals surface area contributed by atoms with Crippen LogP contribution in [-0.2, 0) is 4.79 Å². The van der Waals surface area contributed by atoms with Crippen molar-refractivity contribution in [3.8, 4) is 23.0 Å². The fraction of sp³-hybridized carbons (Fsp3) is 0.526. The minimum Gasteiger partial charge on any atom is -0.497 e. The van der Waals surface area contributed by atoms with E-state index in [2.05, 4.69) is 10.2 Å². The molecule has 0 radical (unpaired) electrons. The first-order chi connectivity index (χ1) is 13.1. The Labute approximate surface area is 163 Å². The number of methoxy groups -OCH3 is 2. The third kappa shape index (κ3) is 4.94. The Kier molecular flexibility index (Phi) is 6.60. The molecule has 0 atom stereocenters. The summed E-state index contributed by atoms with van der Waals surface area (Å²) in [5, 5.41) is 8.49. The van der Waals surface area contributed by atoms with E-state index in [0.29, 0.717) is 34.2 Å². The Bertz CT molecular complexity index is 752. The largest absolute Gasteiger partial charge is 0.497 e. The number of thioether (sulfide) groups is 1. The number of amides is 1. The molecule has 3 rings (SSSR count). The highest BCUT2D eigenvalue weighted by atomic mass is 32.2. The van der Waals surface area contributed by atoms with E-state index in [1.165, 1.54) is 31.0 Å². The van der Waals surface area contributed by atoms with Gasteiger partial charge < -0.3 is 18.8 Å². The van der Waals surface area contributed by atoms with Crippen LogP contribution < -0.4 is 9.47 Å². The molecule has 1 heterocycles. The Balaban J connectivity index is 1.62. The van der Waals surface area contributed by atoms with E-state index >= 15 is 0 Å². The molecule has 1 aromatic carbocycles. The maximum atomic E-state index is 12.4. The maximum Gasteiger partial charge on any atom is 0.277 e. The van der Waals surface area contributed by atoms with Crippen molar-refractivity contribution in [3.63, 3.8) is 0 Å². The van der Waals surface area contributed by atoms with Crippen LogP contribution >= 0.6 is 11.8 Å². The molecule has 0 aliphatic heterocycles. The number of carbonyl (C=O) groups excluding carboxylic acids is 1. The smallest absolute Gasteiger partial charge is 0.277 e. The van der Waals surface area contributed by atoms with Crippen LogP contribution in [0, 0.1) is 0 Å². The first kappa shape index (κ1) is 19.5. The number of rotatable bonds is 7. The van der Waals surface area contributed by atoms with Crippen LogP contribution in [0.25, 0.3) is 11.5 Å². The highest BCUT2D eigenvalue weighted by molar-refractivity contribution is 7.99. The lowest BCUT2D eigenvalue weighted by atomic mass is 9.94. The molecule has 1 amide bonds. The van der Waals surface area contributed by atoms with Gasteiger partial charge in [-0.3, -0.25) is 4.79 Å². The number of ether oxygens (including phenoxy) is 2. The summed E-state index contributed by atoms with van der Waals surface area (Å²) in [5.74, 6) is 2.02. The van der Waals surface area contributed by atoms with Crippen molar-refractivity contribution in [2.75, 3.05) is 27.0 Å². The van der Waals surface area contributed by atoms with E-state index in [1.807, 2.05) is 11.9 Å². The molecule has 0 N–H and O–H groups in total. The van der Waals surface area contributed by atoms with E-state index in [4.69, 9.17) is 13.9 Å². The van der Waals surface area contributed by atoms with Crippen LogP contribution in [0.15, 0.2) is 27.8 Å². The van der Waals surface area contributed by atoms with Crippen LogP contribution in [0.1, 0.15) is 32.1 Å². The van der Waals surface area contributed by atoms with Crippen LogP contribution in [-0.4, -0.2) is 54.1 Å². The van der Waals surface area contributed by atoms with Crippen molar-refractivity contribution in [3.05, 3.63) is 18.2 Å². The predicted molar refractivity (Wildman–Crippen MR) is 103 cm³/mol. The lowest BCUT2D eigenvalue weighted by Gasteiger charge is -2.31. The topological polar surface area (TPSA) is 77.7 Å². The minimum atomic E-state index is 0.0923. The van der Waals surface area contributed by atoms with Crippen molar-refractivity contribution in [2.24, 2.45) is 0 Å². The van der Waals surface area contributed by atoms with Gasteiger partial charge in [-0.05, 0) is 25.0 Å². The molecule has 0 unspecified atom stereocenters. The van der Waals surface area contributed by atoms with Gasteiger partial charge in [0.05, 0.1) is 20.0 Å². The molecule has 0 saturated heterocycles. The number of nitrogens with zero attached hydrogens (tertiary/aromatic N) is 3. The summed E-state index contributed by atoms with van der Waals surface area (Å²) >= 11 is 1.26. The van der Waals surface area contributed by atoms with Gasteiger partial charge >= 0.3 is 0 Å². The fourth-order valence-corrected chi connectivity index (χ4v) is 3.90. The number of aromatic nitrogens is 2. The van der Waals surface area contributed by atoms with E-state index in [0.717, 1.165) is 12.8 Å². The molecule has 0 spiro atoms. The summed E-state index contributed by atoms with van der Waals surface area (Å²) < 4.78 is 16.2. The standard InChI is InChI=1S/C19H25N3O4S/c1-22(14-7-5-4-6-8-14)17(23)12-27-19-21-20-18(26-19)13-9-15(24-2)11-16(10-13)25-3/h9-11,14H,4-8,12H2,1-3H3. The van der Waals surface area contributed by atoms with E-state index in [9.17, 15) is 4.79 Å². The zero-order valence-electron chi connectivity index (χ0n) is 15.9. The molecular weight excluding hydrogens is 366 g/mol. The normalized spacial score (nSPS) is 14.8. The highest BCUT2D eigenvalue weighted by Gasteiger charge is 2.22. The molecule has 146 valence electrons. The summed E-state index contributed by atoms with van der Waals surface area (Å²) in [6, 6.07) is 5.73. The van der Waals surface area contributed by atoms with E-state index in [-0.39, 0.29) is 11.7 Å². The monoisotopic (exact) mass is 391 g/mol. The van der Waals surface area contributed by atoms with E-state index < -0.39 is 0 Å². The van der Waals surface area contributed by atoms with Crippen LogP contribution in [0.5, 0.6) is 11.5 Å². The van der Waals surface area contributed by atoms with Gasteiger partial charge in [0.1, 0.15) is 11.5 Å². The second kappa shape index (κ2) is 9.12. The SMILES string of the molecule is COc1cc(OC)cc(-c2nnc(SCC(=O)N(C)C3CCCCC3)o2)c1. The third-order valence-electron chi connectivity index (χ3n) is 4.84. The summed E-state index contributed by atoms with van der Waals surface area (Å²) in [4.78, 5) is 14.3. The first-order valence-electron chi connectivity index (χ1n) is 9.06. The van der Waals surface area contributed by atoms with Crippen molar-refractivity contribution in [1.29, 1.82) is 0 Å². The zero-order valence-corrected chi connectivity index (χ0v) is 16.8. The molecule has 7 nitrogen and oxygen atoms in total. The average molecular weight is 391 g/mol. The van der Waals surface area contributed by atoms with Gasteiger partial charge in [0.15, 0.2) is 0 Å². The summed E-state index contributed by atoms with van der Waals surface area (Å²) in [6.45, 7) is 0. The van der Waals surface area contributed by atoms with Crippen molar-refractivity contribution in [1.82, 2.24) is 15.1 Å². The molecule has 2 aromatic rings. The third-order valence-corrected chi connectivity index (χ3v) is 5.64. The number of benzene rings is 1. The molecule has 27 heavy (non-hydrogen) atoms. The average Bonchev–Trinajstić information content (AvgIpc) is 3.20. The maximum absolute atomic E-state index is 12.4. The van der Waals surface area contributed by atoms with Gasteiger partial charge in [0.25, 0.3) is 5.22 Å². The molecule has 8 heteroatoms. The number of hydrogen-bond acceptors (Lipinski definition) is 7. The Morgan fingerprint density at radius 2 is 1.81 bits per heavy atom. The molecular formula is C19H25N3O4S. The van der Waals surface area contributed by atoms with Crippen molar-refractivity contribution < 1.29 is 18.7 Å². The molecule has 1 aromatic heterocycles. The van der Waals surface area contributed by atoms with Gasteiger partial charge in [-0.2, -0.15) is 0 Å². The molecule has 1 aliphatic rings.